The molecule has 5 nitrogen and oxygen atoms in total. The van der Waals surface area contributed by atoms with Crippen LogP contribution in [0.4, 0.5) is 4.39 Å². The van der Waals surface area contributed by atoms with Crippen LogP contribution < -0.4 is 4.74 Å². The van der Waals surface area contributed by atoms with E-state index >= 15 is 0 Å². The molecule has 1 aromatic carbocycles. The van der Waals surface area contributed by atoms with Crippen molar-refractivity contribution in [3.8, 4) is 16.9 Å². The van der Waals surface area contributed by atoms with Gasteiger partial charge in [0.1, 0.15) is 18.1 Å². The molecule has 19 heavy (non-hydrogen) atoms. The number of carboxylic acid groups (broad SMARTS) is 1. The van der Waals surface area contributed by atoms with Crippen LogP contribution in [0.15, 0.2) is 24.4 Å². The number of rotatable bonds is 4. The zero-order valence-electron chi connectivity index (χ0n) is 10.6. The summed E-state index contributed by atoms with van der Waals surface area (Å²) in [4.78, 5) is 10.7. The number of ether oxygens (including phenoxy) is 1. The second kappa shape index (κ2) is 5.09. The quantitative estimate of drug-likeness (QED) is 0.918. The lowest BCUT2D eigenvalue weighted by Gasteiger charge is -2.08. The monoisotopic (exact) mass is 264 g/mol. The third-order valence-electron chi connectivity index (χ3n) is 2.84. The van der Waals surface area contributed by atoms with Gasteiger partial charge in [-0.2, -0.15) is 5.10 Å². The SMILES string of the molecule is COc1cc(F)ccc1-c1cnn(CC(=O)O)c1C. The molecule has 0 aliphatic heterocycles. The van der Waals surface area contributed by atoms with Crippen molar-refractivity contribution < 1.29 is 19.0 Å². The molecule has 0 spiro atoms. The molecule has 0 aliphatic carbocycles. The Morgan fingerprint density at radius 3 is 2.84 bits per heavy atom. The Morgan fingerprint density at radius 1 is 1.47 bits per heavy atom. The Kier molecular flexibility index (Phi) is 3.50. The highest BCUT2D eigenvalue weighted by molar-refractivity contribution is 5.73. The average Bonchev–Trinajstić information content (AvgIpc) is 2.70. The van der Waals surface area contributed by atoms with Gasteiger partial charge in [0.15, 0.2) is 0 Å². The first-order valence-corrected chi connectivity index (χ1v) is 5.61. The number of aliphatic carboxylic acids is 1. The summed E-state index contributed by atoms with van der Waals surface area (Å²) in [6.45, 7) is 1.55. The van der Waals surface area contributed by atoms with Crippen LogP contribution in [-0.2, 0) is 11.3 Å². The molecule has 1 N–H and O–H groups in total. The smallest absolute Gasteiger partial charge is 0.325 e. The van der Waals surface area contributed by atoms with Crippen LogP contribution in [0.5, 0.6) is 5.75 Å². The molecule has 0 saturated heterocycles. The van der Waals surface area contributed by atoms with Gasteiger partial charge in [-0.3, -0.25) is 9.48 Å². The van der Waals surface area contributed by atoms with Crippen LogP contribution in [0.1, 0.15) is 5.69 Å². The summed E-state index contributed by atoms with van der Waals surface area (Å²) in [5.74, 6) is -0.974. The maximum atomic E-state index is 13.1. The fraction of sp³-hybridized carbons (Fsp3) is 0.231. The number of halogens is 1. The van der Waals surface area contributed by atoms with E-state index in [1.165, 1.54) is 23.9 Å². The zero-order valence-corrected chi connectivity index (χ0v) is 10.6. The molecule has 0 saturated carbocycles. The highest BCUT2D eigenvalue weighted by Crippen LogP contribution is 2.32. The van der Waals surface area contributed by atoms with Gasteiger partial charge in [-0.15, -0.1) is 0 Å². The lowest BCUT2D eigenvalue weighted by atomic mass is 10.1. The number of aromatic nitrogens is 2. The van der Waals surface area contributed by atoms with Gasteiger partial charge in [-0.1, -0.05) is 0 Å². The largest absolute Gasteiger partial charge is 0.496 e. The molecular weight excluding hydrogens is 251 g/mol. The van der Waals surface area contributed by atoms with Crippen LogP contribution in [0.3, 0.4) is 0 Å². The predicted molar refractivity (Wildman–Crippen MR) is 66.5 cm³/mol. The molecule has 0 amide bonds. The van der Waals surface area contributed by atoms with E-state index in [0.717, 1.165) is 5.56 Å². The van der Waals surface area contributed by atoms with Gasteiger partial charge in [0.2, 0.25) is 0 Å². The minimum Gasteiger partial charge on any atom is -0.496 e. The molecule has 0 aliphatic rings. The van der Waals surface area contributed by atoms with Gasteiger partial charge >= 0.3 is 5.97 Å². The van der Waals surface area contributed by atoms with Crippen molar-refractivity contribution in [3.63, 3.8) is 0 Å². The predicted octanol–water partition coefficient (Wildman–Crippen LogP) is 2.09. The number of benzene rings is 1. The van der Waals surface area contributed by atoms with Crippen LogP contribution in [-0.4, -0.2) is 28.0 Å². The van der Waals surface area contributed by atoms with E-state index in [0.29, 0.717) is 17.0 Å². The zero-order chi connectivity index (χ0) is 14.0. The fourth-order valence-corrected chi connectivity index (χ4v) is 1.89. The van der Waals surface area contributed by atoms with Crippen molar-refractivity contribution in [2.45, 2.75) is 13.5 Å². The van der Waals surface area contributed by atoms with Crippen molar-refractivity contribution in [2.24, 2.45) is 0 Å². The van der Waals surface area contributed by atoms with Crippen LogP contribution in [0.25, 0.3) is 11.1 Å². The Labute approximate surface area is 109 Å². The van der Waals surface area contributed by atoms with Crippen molar-refractivity contribution >= 4 is 5.97 Å². The first kappa shape index (κ1) is 13.1. The maximum Gasteiger partial charge on any atom is 0.325 e. The minimum absolute atomic E-state index is 0.213. The molecule has 2 aromatic rings. The van der Waals surface area contributed by atoms with Gasteiger partial charge in [-0.25, -0.2) is 4.39 Å². The minimum atomic E-state index is -0.969. The lowest BCUT2D eigenvalue weighted by Crippen LogP contribution is -2.11. The van der Waals surface area contributed by atoms with Gasteiger partial charge in [0, 0.05) is 22.9 Å². The number of nitrogens with zero attached hydrogens (tertiary/aromatic N) is 2. The second-order valence-corrected chi connectivity index (χ2v) is 4.04. The van der Waals surface area contributed by atoms with E-state index in [1.807, 2.05) is 0 Å². The second-order valence-electron chi connectivity index (χ2n) is 4.04. The van der Waals surface area contributed by atoms with Crippen molar-refractivity contribution in [1.82, 2.24) is 9.78 Å². The Balaban J connectivity index is 2.48. The number of methoxy groups -OCH3 is 1. The van der Waals surface area contributed by atoms with Crippen LogP contribution >= 0.6 is 0 Å². The number of carbonyl (C=O) groups is 1. The highest BCUT2D eigenvalue weighted by atomic mass is 19.1. The summed E-state index contributed by atoms with van der Waals surface area (Å²) in [6, 6.07) is 4.19. The summed E-state index contributed by atoms with van der Waals surface area (Å²) in [7, 11) is 1.45. The van der Waals surface area contributed by atoms with E-state index in [1.54, 1.807) is 19.2 Å². The van der Waals surface area contributed by atoms with Crippen LogP contribution in [0.2, 0.25) is 0 Å². The number of carboxylic acids is 1. The van der Waals surface area contributed by atoms with E-state index in [2.05, 4.69) is 5.10 Å². The molecule has 100 valence electrons. The van der Waals surface area contributed by atoms with Crippen LogP contribution in [0, 0.1) is 12.7 Å². The standard InChI is InChI=1S/C13H13FN2O3/c1-8-11(6-15-16(8)7-13(17)18)10-4-3-9(14)5-12(10)19-2/h3-6H,7H2,1-2H3,(H,17,18). The molecule has 0 fully saturated rings. The molecular formula is C13H13FN2O3. The normalized spacial score (nSPS) is 10.5. The van der Waals surface area contributed by atoms with E-state index in [9.17, 15) is 9.18 Å². The fourth-order valence-electron chi connectivity index (χ4n) is 1.89. The average molecular weight is 264 g/mol. The van der Waals surface area contributed by atoms with E-state index in [-0.39, 0.29) is 6.54 Å². The van der Waals surface area contributed by atoms with Crippen molar-refractivity contribution in [1.29, 1.82) is 0 Å². The first-order valence-electron chi connectivity index (χ1n) is 5.61. The lowest BCUT2D eigenvalue weighted by molar-refractivity contribution is -0.137. The number of hydrogen-bond acceptors (Lipinski definition) is 3. The molecule has 2 rings (SSSR count). The molecule has 6 heteroatoms. The van der Waals surface area contributed by atoms with Gasteiger partial charge in [0.05, 0.1) is 13.3 Å². The van der Waals surface area contributed by atoms with Gasteiger partial charge < -0.3 is 9.84 Å². The molecule has 1 heterocycles. The molecule has 0 radical (unpaired) electrons. The summed E-state index contributed by atoms with van der Waals surface area (Å²) in [6.07, 6.45) is 1.55. The first-order chi connectivity index (χ1) is 9.02. The van der Waals surface area contributed by atoms with E-state index in [4.69, 9.17) is 9.84 Å². The van der Waals surface area contributed by atoms with E-state index < -0.39 is 11.8 Å². The van der Waals surface area contributed by atoms with Crippen molar-refractivity contribution in [3.05, 3.63) is 35.9 Å². The van der Waals surface area contributed by atoms with Gasteiger partial charge in [-0.05, 0) is 19.1 Å². The Morgan fingerprint density at radius 2 is 2.21 bits per heavy atom. The molecule has 0 bridgehead atoms. The topological polar surface area (TPSA) is 64.4 Å². The molecule has 1 aromatic heterocycles. The number of hydrogen-bond donors (Lipinski definition) is 1. The molecule has 0 atom stereocenters. The summed E-state index contributed by atoms with van der Waals surface area (Å²) in [5.41, 5.74) is 2.09. The highest BCUT2D eigenvalue weighted by Gasteiger charge is 2.14. The molecule has 0 unspecified atom stereocenters. The third kappa shape index (κ3) is 2.57. The Hall–Kier alpha value is -2.37. The van der Waals surface area contributed by atoms with Crippen molar-refractivity contribution in [2.75, 3.05) is 7.11 Å². The summed E-state index contributed by atoms with van der Waals surface area (Å²) >= 11 is 0. The summed E-state index contributed by atoms with van der Waals surface area (Å²) < 4.78 is 19.7. The Bertz CT molecular complexity index is 622. The van der Waals surface area contributed by atoms with Gasteiger partial charge in [0.25, 0.3) is 0 Å². The summed E-state index contributed by atoms with van der Waals surface area (Å²) in [5, 5.41) is 12.8. The maximum absolute atomic E-state index is 13.1. The third-order valence-corrected chi connectivity index (χ3v) is 2.84.